The van der Waals surface area contributed by atoms with Crippen molar-refractivity contribution in [3.8, 4) is 17.0 Å². The molecule has 2 aliphatic rings. The number of aliphatic hydroxyl groups is 1. The third-order valence-corrected chi connectivity index (χ3v) is 6.02. The molecule has 9 nitrogen and oxygen atoms in total. The number of anilines is 2. The highest BCUT2D eigenvalue weighted by atomic mass is 16.7. The van der Waals surface area contributed by atoms with Gasteiger partial charge in [0.25, 0.3) is 0 Å². The Morgan fingerprint density at radius 2 is 2.15 bits per heavy atom. The van der Waals surface area contributed by atoms with Gasteiger partial charge < -0.3 is 40.7 Å². The molecule has 0 radical (unpaired) electrons. The first-order chi connectivity index (χ1) is 16.5. The monoisotopic (exact) mass is 469 g/mol. The quantitative estimate of drug-likeness (QED) is 0.319. The first-order valence-electron chi connectivity index (χ1n) is 11.9. The maximum absolute atomic E-state index is 9.95. The summed E-state index contributed by atoms with van der Waals surface area (Å²) in [4.78, 5) is 4.85. The highest BCUT2D eigenvalue weighted by Gasteiger charge is 2.41. The van der Waals surface area contributed by atoms with Gasteiger partial charge in [-0.2, -0.15) is 0 Å². The molecule has 0 spiro atoms. The van der Waals surface area contributed by atoms with Gasteiger partial charge in [0.1, 0.15) is 24.3 Å². The fourth-order valence-electron chi connectivity index (χ4n) is 4.40. The van der Waals surface area contributed by atoms with Crippen LogP contribution < -0.4 is 20.7 Å². The van der Waals surface area contributed by atoms with Crippen LogP contribution in [-0.2, 0) is 9.47 Å². The van der Waals surface area contributed by atoms with Crippen molar-refractivity contribution in [3.63, 3.8) is 0 Å². The highest BCUT2D eigenvalue weighted by molar-refractivity contribution is 5.94. The van der Waals surface area contributed by atoms with Crippen LogP contribution in [0.25, 0.3) is 11.3 Å². The minimum Gasteiger partial charge on any atom is -0.491 e. The molecule has 2 saturated heterocycles. The van der Waals surface area contributed by atoms with Crippen molar-refractivity contribution in [2.45, 2.75) is 44.7 Å². The molecule has 4 atom stereocenters. The molecular formula is C25H35N5O4. The van der Waals surface area contributed by atoms with Crippen molar-refractivity contribution in [1.82, 2.24) is 10.3 Å². The number of pyridine rings is 1. The summed E-state index contributed by atoms with van der Waals surface area (Å²) in [5.74, 6) is 1.60. The number of nitrogens with one attached hydrogen (secondary N) is 4. The second-order valence-corrected chi connectivity index (χ2v) is 9.09. The Hall–Kier alpha value is -2.72. The van der Waals surface area contributed by atoms with Gasteiger partial charge in [0.2, 0.25) is 0 Å². The molecule has 184 valence electrons. The van der Waals surface area contributed by atoms with Gasteiger partial charge in [-0.15, -0.1) is 0 Å². The van der Waals surface area contributed by atoms with Gasteiger partial charge in [0.05, 0.1) is 30.5 Å². The molecule has 2 aliphatic heterocycles. The van der Waals surface area contributed by atoms with Crippen LogP contribution in [0, 0.1) is 11.3 Å². The van der Waals surface area contributed by atoms with Crippen molar-refractivity contribution in [2.24, 2.45) is 5.92 Å². The van der Waals surface area contributed by atoms with E-state index in [-0.39, 0.29) is 30.9 Å². The lowest BCUT2D eigenvalue weighted by atomic mass is 9.99. The van der Waals surface area contributed by atoms with E-state index in [9.17, 15) is 5.11 Å². The van der Waals surface area contributed by atoms with E-state index in [0.717, 1.165) is 23.4 Å². The Bertz CT molecular complexity index is 986. The maximum atomic E-state index is 9.95. The van der Waals surface area contributed by atoms with Crippen LogP contribution in [0.1, 0.15) is 25.8 Å². The fraction of sp³-hybridized carbons (Fsp3) is 0.520. The number of hydrogen-bond acceptors (Lipinski definition) is 9. The van der Waals surface area contributed by atoms with Crippen LogP contribution >= 0.6 is 0 Å². The van der Waals surface area contributed by atoms with E-state index in [2.05, 4.69) is 16.0 Å². The van der Waals surface area contributed by atoms with Gasteiger partial charge >= 0.3 is 0 Å². The van der Waals surface area contributed by atoms with Gasteiger partial charge in [-0.25, -0.2) is 4.98 Å². The molecule has 3 heterocycles. The fourth-order valence-corrected chi connectivity index (χ4v) is 4.40. The lowest BCUT2D eigenvalue weighted by Gasteiger charge is -2.22. The third kappa shape index (κ3) is 5.67. The Balaban J connectivity index is 1.64. The van der Waals surface area contributed by atoms with Gasteiger partial charge in [-0.1, -0.05) is 12.1 Å². The number of fused-ring (bicyclic) bond motifs is 1. The molecule has 34 heavy (non-hydrogen) atoms. The Morgan fingerprint density at radius 3 is 2.91 bits per heavy atom. The van der Waals surface area contributed by atoms with Gasteiger partial charge in [-0.3, -0.25) is 0 Å². The minimum absolute atomic E-state index is 0.108. The number of hydrogen-bond donors (Lipinski definition) is 5. The topological polar surface area (TPSA) is 121 Å². The van der Waals surface area contributed by atoms with Gasteiger partial charge in [-0.05, 0) is 45.5 Å². The number of rotatable bonds is 11. The van der Waals surface area contributed by atoms with Crippen LogP contribution in [0.5, 0.6) is 5.75 Å². The number of aliphatic hydroxyl groups excluding tert-OH is 1. The van der Waals surface area contributed by atoms with E-state index in [0.29, 0.717) is 36.9 Å². The van der Waals surface area contributed by atoms with E-state index in [1.807, 2.05) is 44.2 Å². The van der Waals surface area contributed by atoms with Crippen LogP contribution in [0.4, 0.5) is 11.5 Å². The van der Waals surface area contributed by atoms with Crippen LogP contribution in [0.2, 0.25) is 0 Å². The van der Waals surface area contributed by atoms with Crippen LogP contribution in [0.15, 0.2) is 30.3 Å². The van der Waals surface area contributed by atoms with Crippen molar-refractivity contribution in [2.75, 3.05) is 44.0 Å². The molecule has 4 unspecified atom stereocenters. The number of benzene rings is 1. The predicted octanol–water partition coefficient (Wildman–Crippen LogP) is 2.70. The minimum atomic E-state index is -0.590. The van der Waals surface area contributed by atoms with E-state index in [1.165, 1.54) is 6.21 Å². The van der Waals surface area contributed by atoms with E-state index in [4.69, 9.17) is 24.6 Å². The predicted molar refractivity (Wildman–Crippen MR) is 133 cm³/mol. The third-order valence-electron chi connectivity index (χ3n) is 6.02. The Kier molecular flexibility index (Phi) is 7.99. The number of aromatic nitrogens is 1. The molecule has 9 heteroatoms. The zero-order valence-corrected chi connectivity index (χ0v) is 20.0. The summed E-state index contributed by atoms with van der Waals surface area (Å²) >= 11 is 0. The average molecular weight is 470 g/mol. The lowest BCUT2D eigenvalue weighted by molar-refractivity contribution is -0.0904. The molecule has 0 amide bonds. The molecule has 2 aromatic rings. The second-order valence-electron chi connectivity index (χ2n) is 9.09. The molecule has 0 aliphatic carbocycles. The average Bonchev–Trinajstić information content (AvgIpc) is 3.43. The summed E-state index contributed by atoms with van der Waals surface area (Å²) in [6, 6.07) is 9.91. The molecule has 5 N–H and O–H groups in total. The summed E-state index contributed by atoms with van der Waals surface area (Å²) in [5.41, 5.74) is 3.19. The van der Waals surface area contributed by atoms with E-state index in [1.54, 1.807) is 7.05 Å². The summed E-state index contributed by atoms with van der Waals surface area (Å²) in [5, 5.41) is 28.0. The lowest BCUT2D eigenvalue weighted by Crippen LogP contribution is -2.29. The zero-order chi connectivity index (χ0) is 24.1. The normalized spacial score (nSPS) is 22.4. The van der Waals surface area contributed by atoms with Crippen LogP contribution in [-0.4, -0.2) is 74.2 Å². The van der Waals surface area contributed by atoms with Gasteiger partial charge in [0.15, 0.2) is 6.29 Å². The Labute approximate surface area is 200 Å². The SMILES string of the molecule is CNCC(O)COc1cccc(-c2cc(NC3COC4OCCC34)c(C=N)c(NC(C)C)n2)c1. The number of nitrogens with zero attached hydrogens (tertiary/aromatic N) is 1. The summed E-state index contributed by atoms with van der Waals surface area (Å²) in [7, 11) is 1.79. The molecule has 4 rings (SSSR count). The molecule has 1 aromatic heterocycles. The van der Waals surface area contributed by atoms with Gasteiger partial charge in [0, 0.05) is 36.0 Å². The molecular weight excluding hydrogens is 434 g/mol. The number of ether oxygens (including phenoxy) is 3. The summed E-state index contributed by atoms with van der Waals surface area (Å²) in [6.45, 7) is 6.03. The largest absolute Gasteiger partial charge is 0.491 e. The standard InChI is InChI=1S/C25H35N5O4/c1-15(2)28-24-20(11-26)22(29-23-14-34-25-19(23)7-8-32-25)10-21(30-24)16-5-4-6-18(9-16)33-13-17(31)12-27-3/h4-6,9-11,15,17,19,23,25-27,31H,7-8,12-14H2,1-3H3,(H2,28,29,30). The van der Waals surface area contributed by atoms with Crippen molar-refractivity contribution >= 4 is 17.7 Å². The molecule has 0 bridgehead atoms. The van der Waals surface area contributed by atoms with E-state index >= 15 is 0 Å². The summed E-state index contributed by atoms with van der Waals surface area (Å²) in [6.07, 6.45) is 1.55. The highest BCUT2D eigenvalue weighted by Crippen LogP contribution is 2.36. The zero-order valence-electron chi connectivity index (χ0n) is 20.0. The molecule has 0 saturated carbocycles. The van der Waals surface area contributed by atoms with Crippen LogP contribution in [0.3, 0.4) is 0 Å². The Morgan fingerprint density at radius 1 is 1.29 bits per heavy atom. The first kappa shape index (κ1) is 24.4. The second kappa shape index (κ2) is 11.1. The first-order valence-corrected chi connectivity index (χ1v) is 11.9. The molecule has 2 fully saturated rings. The smallest absolute Gasteiger partial charge is 0.162 e. The van der Waals surface area contributed by atoms with Crippen molar-refractivity contribution in [1.29, 1.82) is 5.41 Å². The van der Waals surface area contributed by atoms with Crippen molar-refractivity contribution in [3.05, 3.63) is 35.9 Å². The number of likely N-dealkylation sites (N-methyl/N-ethyl adjacent to an activating group) is 1. The molecule has 1 aromatic carbocycles. The maximum Gasteiger partial charge on any atom is 0.162 e. The van der Waals surface area contributed by atoms with Crippen molar-refractivity contribution < 1.29 is 19.3 Å². The van der Waals surface area contributed by atoms with E-state index < -0.39 is 6.10 Å². The summed E-state index contributed by atoms with van der Waals surface area (Å²) < 4.78 is 17.3.